The molecule has 4 atom stereocenters. The van der Waals surface area contributed by atoms with Gasteiger partial charge in [-0.25, -0.2) is 0 Å². The summed E-state index contributed by atoms with van der Waals surface area (Å²) in [5.41, 5.74) is 0.629. The molecule has 6 nitrogen and oxygen atoms in total. The number of benzene rings is 1. The maximum atomic E-state index is 12.7. The van der Waals surface area contributed by atoms with Gasteiger partial charge >= 0.3 is 0 Å². The summed E-state index contributed by atoms with van der Waals surface area (Å²) >= 11 is 0. The highest BCUT2D eigenvalue weighted by Crippen LogP contribution is 2.49. The van der Waals surface area contributed by atoms with Crippen LogP contribution in [0.15, 0.2) is 36.4 Å². The van der Waals surface area contributed by atoms with Crippen molar-refractivity contribution >= 4 is 23.4 Å². The van der Waals surface area contributed by atoms with Gasteiger partial charge in [0.1, 0.15) is 5.75 Å². The molecule has 5 rings (SSSR count). The number of hydrogen-bond donors (Lipinski definition) is 1. The van der Waals surface area contributed by atoms with Gasteiger partial charge in [-0.3, -0.25) is 19.3 Å². The Morgan fingerprint density at radius 3 is 2.38 bits per heavy atom. The number of likely N-dealkylation sites (tertiary alicyclic amines) is 1. The van der Waals surface area contributed by atoms with Gasteiger partial charge < -0.3 is 10.1 Å². The first kappa shape index (κ1) is 16.8. The summed E-state index contributed by atoms with van der Waals surface area (Å²) in [5.74, 6) is 0.144. The van der Waals surface area contributed by atoms with E-state index in [0.717, 1.165) is 12.8 Å². The number of nitrogens with one attached hydrogen (secondary N) is 1. The SMILES string of the molecule is COc1cccc(NC(=O)CCN2C(=O)C3C4C=CC(CC4)C3C2=O)c1. The van der Waals surface area contributed by atoms with Crippen molar-refractivity contribution in [2.24, 2.45) is 23.7 Å². The molecule has 1 aromatic rings. The minimum atomic E-state index is -0.227. The van der Waals surface area contributed by atoms with Crippen molar-refractivity contribution in [1.29, 1.82) is 0 Å². The van der Waals surface area contributed by atoms with Gasteiger partial charge in [-0.05, 0) is 36.8 Å². The maximum absolute atomic E-state index is 12.7. The molecule has 3 amide bonds. The largest absolute Gasteiger partial charge is 0.497 e. The van der Waals surface area contributed by atoms with Gasteiger partial charge in [0, 0.05) is 24.7 Å². The zero-order valence-electron chi connectivity index (χ0n) is 14.7. The Hall–Kier alpha value is -2.63. The number of imide groups is 1. The fourth-order valence-electron chi connectivity index (χ4n) is 4.49. The van der Waals surface area contributed by atoms with E-state index in [1.807, 2.05) is 0 Å². The molecule has 0 spiro atoms. The van der Waals surface area contributed by atoms with Crippen LogP contribution >= 0.6 is 0 Å². The third-order valence-electron chi connectivity index (χ3n) is 5.77. The molecule has 136 valence electrons. The van der Waals surface area contributed by atoms with Crippen molar-refractivity contribution in [3.05, 3.63) is 36.4 Å². The summed E-state index contributed by atoms with van der Waals surface area (Å²) in [6.07, 6.45) is 6.24. The lowest BCUT2D eigenvalue weighted by atomic mass is 9.63. The van der Waals surface area contributed by atoms with E-state index in [4.69, 9.17) is 4.74 Å². The Morgan fingerprint density at radius 1 is 1.15 bits per heavy atom. The average molecular weight is 354 g/mol. The molecule has 2 fully saturated rings. The monoisotopic (exact) mass is 354 g/mol. The van der Waals surface area contributed by atoms with Gasteiger partial charge in [0.05, 0.1) is 18.9 Å². The molecule has 4 aliphatic rings. The molecular weight excluding hydrogens is 332 g/mol. The molecule has 0 radical (unpaired) electrons. The van der Waals surface area contributed by atoms with Crippen molar-refractivity contribution in [2.75, 3.05) is 19.0 Å². The van der Waals surface area contributed by atoms with Crippen molar-refractivity contribution in [1.82, 2.24) is 4.90 Å². The zero-order valence-corrected chi connectivity index (χ0v) is 14.7. The molecule has 3 aliphatic carbocycles. The van der Waals surface area contributed by atoms with Crippen LogP contribution in [0.25, 0.3) is 0 Å². The third kappa shape index (κ3) is 2.79. The number of methoxy groups -OCH3 is 1. The van der Waals surface area contributed by atoms with Crippen LogP contribution in [-0.4, -0.2) is 36.3 Å². The van der Waals surface area contributed by atoms with Crippen LogP contribution in [0.2, 0.25) is 0 Å². The minimum Gasteiger partial charge on any atom is -0.497 e. The van der Waals surface area contributed by atoms with Crippen molar-refractivity contribution in [2.45, 2.75) is 19.3 Å². The summed E-state index contributed by atoms with van der Waals surface area (Å²) in [5, 5.41) is 2.78. The highest BCUT2D eigenvalue weighted by Gasteiger charge is 2.56. The molecule has 1 saturated carbocycles. The predicted octanol–water partition coefficient (Wildman–Crippen LogP) is 2.22. The predicted molar refractivity (Wildman–Crippen MR) is 95.3 cm³/mol. The van der Waals surface area contributed by atoms with Crippen molar-refractivity contribution < 1.29 is 19.1 Å². The highest BCUT2D eigenvalue weighted by atomic mass is 16.5. The van der Waals surface area contributed by atoms with Gasteiger partial charge in [-0.1, -0.05) is 18.2 Å². The van der Waals surface area contributed by atoms with E-state index in [0.29, 0.717) is 11.4 Å². The number of carbonyl (C=O) groups excluding carboxylic acids is 3. The normalized spacial score (nSPS) is 29.0. The molecule has 1 saturated heterocycles. The summed E-state index contributed by atoms with van der Waals surface area (Å²) in [6.45, 7) is 0.139. The van der Waals surface area contributed by atoms with Gasteiger partial charge in [-0.15, -0.1) is 0 Å². The summed E-state index contributed by atoms with van der Waals surface area (Å²) in [4.78, 5) is 39.0. The fourth-order valence-corrected chi connectivity index (χ4v) is 4.49. The summed E-state index contributed by atoms with van der Waals surface area (Å²) in [6, 6.07) is 7.07. The average Bonchev–Trinajstić information content (AvgIpc) is 2.94. The number of carbonyl (C=O) groups is 3. The summed E-state index contributed by atoms with van der Waals surface area (Å²) < 4.78 is 5.13. The Kier molecular flexibility index (Phi) is 4.26. The number of nitrogens with zero attached hydrogens (tertiary/aromatic N) is 1. The Balaban J connectivity index is 1.38. The lowest BCUT2D eigenvalue weighted by molar-refractivity contribution is -0.140. The van der Waals surface area contributed by atoms with Crippen LogP contribution in [0, 0.1) is 23.7 Å². The van der Waals surface area contributed by atoms with E-state index < -0.39 is 0 Å². The number of ether oxygens (including phenoxy) is 1. The van der Waals surface area contributed by atoms with Crippen LogP contribution in [-0.2, 0) is 14.4 Å². The molecule has 2 bridgehead atoms. The first-order chi connectivity index (χ1) is 12.6. The lowest BCUT2D eigenvalue weighted by Gasteiger charge is -2.38. The van der Waals surface area contributed by atoms with Crippen molar-refractivity contribution in [3.8, 4) is 5.75 Å². The van der Waals surface area contributed by atoms with Crippen LogP contribution in [0.3, 0.4) is 0 Å². The fraction of sp³-hybridized carbons (Fsp3) is 0.450. The van der Waals surface area contributed by atoms with E-state index in [-0.39, 0.29) is 54.4 Å². The third-order valence-corrected chi connectivity index (χ3v) is 5.77. The second-order valence-electron chi connectivity index (χ2n) is 7.20. The topological polar surface area (TPSA) is 75.7 Å². The number of allylic oxidation sites excluding steroid dienone is 2. The molecule has 1 aliphatic heterocycles. The Morgan fingerprint density at radius 2 is 1.81 bits per heavy atom. The molecule has 26 heavy (non-hydrogen) atoms. The molecular formula is C20H22N2O4. The standard InChI is InChI=1S/C20H22N2O4/c1-26-15-4-2-3-14(11-15)21-16(23)9-10-22-19(24)17-12-5-6-13(8-7-12)18(17)20(22)25/h2-6,11-13,17-18H,7-10H2,1H3,(H,21,23). The molecule has 6 heteroatoms. The number of fused-ring (bicyclic) bond motifs is 1. The summed E-state index contributed by atoms with van der Waals surface area (Å²) in [7, 11) is 1.56. The smallest absolute Gasteiger partial charge is 0.233 e. The van der Waals surface area contributed by atoms with Crippen LogP contribution < -0.4 is 10.1 Å². The minimum absolute atomic E-state index is 0.0941. The number of hydrogen-bond acceptors (Lipinski definition) is 4. The molecule has 4 unspecified atom stereocenters. The van der Waals surface area contributed by atoms with Gasteiger partial charge in [-0.2, -0.15) is 0 Å². The maximum Gasteiger partial charge on any atom is 0.233 e. The van der Waals surface area contributed by atoms with E-state index in [1.165, 1.54) is 4.90 Å². The number of rotatable bonds is 5. The van der Waals surface area contributed by atoms with E-state index in [2.05, 4.69) is 17.5 Å². The molecule has 1 N–H and O–H groups in total. The number of amides is 3. The Labute approximate surface area is 152 Å². The van der Waals surface area contributed by atoms with E-state index >= 15 is 0 Å². The van der Waals surface area contributed by atoms with Gasteiger partial charge in [0.25, 0.3) is 0 Å². The quantitative estimate of drug-likeness (QED) is 0.650. The van der Waals surface area contributed by atoms with Gasteiger partial charge in [0.15, 0.2) is 0 Å². The molecule has 1 heterocycles. The first-order valence-electron chi connectivity index (χ1n) is 9.06. The lowest BCUT2D eigenvalue weighted by Crippen LogP contribution is -2.38. The van der Waals surface area contributed by atoms with E-state index in [1.54, 1.807) is 31.4 Å². The van der Waals surface area contributed by atoms with Crippen molar-refractivity contribution in [3.63, 3.8) is 0 Å². The van der Waals surface area contributed by atoms with Crippen LogP contribution in [0.1, 0.15) is 19.3 Å². The van der Waals surface area contributed by atoms with Crippen LogP contribution in [0.5, 0.6) is 5.75 Å². The van der Waals surface area contributed by atoms with Crippen LogP contribution in [0.4, 0.5) is 5.69 Å². The second kappa shape index (κ2) is 6.59. The zero-order chi connectivity index (χ0) is 18.3. The number of anilines is 1. The molecule has 1 aromatic carbocycles. The Bertz CT molecular complexity index is 756. The highest BCUT2D eigenvalue weighted by molar-refractivity contribution is 6.06. The second-order valence-corrected chi connectivity index (χ2v) is 7.20. The molecule has 0 aromatic heterocycles. The first-order valence-corrected chi connectivity index (χ1v) is 9.06. The van der Waals surface area contributed by atoms with Gasteiger partial charge in [0.2, 0.25) is 17.7 Å². The van der Waals surface area contributed by atoms with E-state index in [9.17, 15) is 14.4 Å².